The van der Waals surface area contributed by atoms with E-state index in [2.05, 4.69) is 0 Å². The van der Waals surface area contributed by atoms with E-state index in [-0.39, 0.29) is 5.91 Å². The number of furan rings is 1. The number of ether oxygens (including phenoxy) is 1. The van der Waals surface area contributed by atoms with Gasteiger partial charge in [0.05, 0.1) is 6.26 Å². The number of hydrogen-bond donors (Lipinski definition) is 0. The van der Waals surface area contributed by atoms with Gasteiger partial charge < -0.3 is 14.1 Å². The van der Waals surface area contributed by atoms with Crippen LogP contribution >= 0.6 is 0 Å². The Labute approximate surface area is 83.5 Å². The van der Waals surface area contributed by atoms with E-state index < -0.39 is 0 Å². The molecule has 1 heterocycles. The molecule has 0 N–H and O–H groups in total. The molecule has 0 saturated carbocycles. The first-order valence-electron chi connectivity index (χ1n) is 4.53. The highest BCUT2D eigenvalue weighted by atomic mass is 16.5. The first-order chi connectivity index (χ1) is 6.75. The van der Waals surface area contributed by atoms with E-state index in [4.69, 9.17) is 9.15 Å². The average molecular weight is 197 g/mol. The largest absolute Gasteiger partial charge is 0.459 e. The van der Waals surface area contributed by atoms with E-state index in [0.29, 0.717) is 18.9 Å². The van der Waals surface area contributed by atoms with Crippen molar-refractivity contribution in [3.63, 3.8) is 0 Å². The number of nitrogens with zero attached hydrogens (tertiary/aromatic N) is 1. The van der Waals surface area contributed by atoms with E-state index in [0.717, 1.165) is 6.42 Å². The molecule has 4 heteroatoms. The second-order valence-corrected chi connectivity index (χ2v) is 3.05. The zero-order chi connectivity index (χ0) is 10.4. The van der Waals surface area contributed by atoms with E-state index >= 15 is 0 Å². The van der Waals surface area contributed by atoms with Crippen molar-refractivity contribution < 1.29 is 13.9 Å². The van der Waals surface area contributed by atoms with Gasteiger partial charge in [-0.05, 0) is 18.6 Å². The maximum Gasteiger partial charge on any atom is 0.289 e. The van der Waals surface area contributed by atoms with Crippen molar-refractivity contribution in [1.82, 2.24) is 4.90 Å². The predicted octanol–water partition coefficient (Wildman–Crippen LogP) is 1.39. The number of carbonyl (C=O) groups excluding carboxylic acids is 1. The first kappa shape index (κ1) is 10.8. The predicted molar refractivity (Wildman–Crippen MR) is 52.2 cm³/mol. The van der Waals surface area contributed by atoms with Crippen LogP contribution in [0.4, 0.5) is 0 Å². The minimum Gasteiger partial charge on any atom is -0.459 e. The fourth-order valence-corrected chi connectivity index (χ4v) is 1.14. The van der Waals surface area contributed by atoms with E-state index in [9.17, 15) is 4.79 Å². The van der Waals surface area contributed by atoms with Gasteiger partial charge in [-0.25, -0.2) is 0 Å². The fourth-order valence-electron chi connectivity index (χ4n) is 1.14. The minimum atomic E-state index is -0.0916. The Balaban J connectivity index is 2.37. The number of rotatable bonds is 5. The Morgan fingerprint density at radius 2 is 2.43 bits per heavy atom. The summed E-state index contributed by atoms with van der Waals surface area (Å²) in [6.45, 7) is 1.34. The number of amides is 1. The standard InChI is InChI=1S/C10H15NO3/c1-11(6-4-7-13-2)10(12)9-5-3-8-14-9/h3,5,8H,4,6-7H2,1-2H3. The fraction of sp³-hybridized carbons (Fsp3) is 0.500. The molecule has 0 aliphatic heterocycles. The highest BCUT2D eigenvalue weighted by Crippen LogP contribution is 2.04. The summed E-state index contributed by atoms with van der Waals surface area (Å²) in [5, 5.41) is 0. The van der Waals surface area contributed by atoms with Gasteiger partial charge >= 0.3 is 0 Å². The normalized spacial score (nSPS) is 10.1. The molecule has 14 heavy (non-hydrogen) atoms. The summed E-state index contributed by atoms with van der Waals surface area (Å²) in [7, 11) is 3.40. The Bertz CT molecular complexity index is 269. The summed E-state index contributed by atoms with van der Waals surface area (Å²) < 4.78 is 9.90. The minimum absolute atomic E-state index is 0.0916. The molecule has 0 aliphatic carbocycles. The summed E-state index contributed by atoms with van der Waals surface area (Å²) >= 11 is 0. The van der Waals surface area contributed by atoms with Crippen molar-refractivity contribution in [2.75, 3.05) is 27.3 Å². The lowest BCUT2D eigenvalue weighted by molar-refractivity contribution is 0.0748. The van der Waals surface area contributed by atoms with Crippen LogP contribution in [0.2, 0.25) is 0 Å². The third-order valence-electron chi connectivity index (χ3n) is 1.92. The molecule has 0 fully saturated rings. The van der Waals surface area contributed by atoms with Gasteiger partial charge in [-0.15, -0.1) is 0 Å². The zero-order valence-corrected chi connectivity index (χ0v) is 8.53. The van der Waals surface area contributed by atoms with Gasteiger partial charge in [0, 0.05) is 27.3 Å². The van der Waals surface area contributed by atoms with Gasteiger partial charge in [-0.1, -0.05) is 0 Å². The van der Waals surface area contributed by atoms with Gasteiger partial charge in [0.15, 0.2) is 5.76 Å². The quantitative estimate of drug-likeness (QED) is 0.670. The topological polar surface area (TPSA) is 42.7 Å². The molecular formula is C10H15NO3. The van der Waals surface area contributed by atoms with Crippen LogP contribution in [0.1, 0.15) is 17.0 Å². The summed E-state index contributed by atoms with van der Waals surface area (Å²) in [6, 6.07) is 3.37. The third kappa shape index (κ3) is 2.88. The smallest absolute Gasteiger partial charge is 0.289 e. The van der Waals surface area contributed by atoms with E-state index in [1.807, 2.05) is 0 Å². The number of methoxy groups -OCH3 is 1. The lowest BCUT2D eigenvalue weighted by Gasteiger charge is -2.14. The lowest BCUT2D eigenvalue weighted by Crippen LogP contribution is -2.27. The van der Waals surface area contributed by atoms with Crippen LogP contribution in [-0.2, 0) is 4.74 Å². The van der Waals surface area contributed by atoms with Crippen LogP contribution in [0.5, 0.6) is 0 Å². The number of carbonyl (C=O) groups is 1. The Kier molecular flexibility index (Phi) is 4.19. The van der Waals surface area contributed by atoms with Crippen molar-refractivity contribution in [1.29, 1.82) is 0 Å². The summed E-state index contributed by atoms with van der Waals surface area (Å²) in [6.07, 6.45) is 2.33. The van der Waals surface area contributed by atoms with Gasteiger partial charge in [0.1, 0.15) is 0 Å². The maximum atomic E-state index is 11.6. The molecule has 1 aromatic heterocycles. The molecule has 1 aromatic rings. The molecule has 0 saturated heterocycles. The van der Waals surface area contributed by atoms with Gasteiger partial charge in [0.2, 0.25) is 0 Å². The second kappa shape index (κ2) is 5.44. The second-order valence-electron chi connectivity index (χ2n) is 3.05. The van der Waals surface area contributed by atoms with Gasteiger partial charge in [-0.2, -0.15) is 0 Å². The monoisotopic (exact) mass is 197 g/mol. The Hall–Kier alpha value is -1.29. The van der Waals surface area contributed by atoms with Gasteiger partial charge in [0.25, 0.3) is 5.91 Å². The molecule has 0 atom stereocenters. The highest BCUT2D eigenvalue weighted by molar-refractivity contribution is 5.91. The van der Waals surface area contributed by atoms with Crippen LogP contribution in [0.25, 0.3) is 0 Å². The van der Waals surface area contributed by atoms with Crippen molar-refractivity contribution >= 4 is 5.91 Å². The van der Waals surface area contributed by atoms with Gasteiger partial charge in [-0.3, -0.25) is 4.79 Å². The molecular weight excluding hydrogens is 182 g/mol. The SMILES string of the molecule is COCCCN(C)C(=O)c1ccco1. The molecule has 1 amide bonds. The van der Waals surface area contributed by atoms with Crippen LogP contribution in [0.15, 0.2) is 22.8 Å². The molecule has 0 aromatic carbocycles. The lowest BCUT2D eigenvalue weighted by atomic mass is 10.3. The molecule has 0 spiro atoms. The molecule has 0 aliphatic rings. The molecule has 78 valence electrons. The summed E-state index contributed by atoms with van der Waals surface area (Å²) in [4.78, 5) is 13.2. The van der Waals surface area contributed by atoms with E-state index in [1.165, 1.54) is 6.26 Å². The van der Waals surface area contributed by atoms with Crippen molar-refractivity contribution in [3.05, 3.63) is 24.2 Å². The molecule has 1 rings (SSSR count). The van der Waals surface area contributed by atoms with Crippen molar-refractivity contribution in [2.24, 2.45) is 0 Å². The summed E-state index contributed by atoms with van der Waals surface area (Å²) in [5.74, 6) is 0.288. The molecule has 0 bridgehead atoms. The van der Waals surface area contributed by atoms with Crippen LogP contribution in [0, 0.1) is 0 Å². The van der Waals surface area contributed by atoms with Crippen LogP contribution in [-0.4, -0.2) is 38.1 Å². The Morgan fingerprint density at radius 1 is 1.64 bits per heavy atom. The molecule has 0 unspecified atom stereocenters. The highest BCUT2D eigenvalue weighted by Gasteiger charge is 2.13. The summed E-state index contributed by atoms with van der Waals surface area (Å²) in [5.41, 5.74) is 0. The Morgan fingerprint density at radius 3 is 3.00 bits per heavy atom. The molecule has 4 nitrogen and oxygen atoms in total. The first-order valence-corrected chi connectivity index (χ1v) is 4.53. The zero-order valence-electron chi connectivity index (χ0n) is 8.53. The molecule has 0 radical (unpaired) electrons. The maximum absolute atomic E-state index is 11.6. The van der Waals surface area contributed by atoms with Crippen LogP contribution in [0.3, 0.4) is 0 Å². The van der Waals surface area contributed by atoms with Crippen molar-refractivity contribution in [3.8, 4) is 0 Å². The van der Waals surface area contributed by atoms with E-state index in [1.54, 1.807) is 31.2 Å². The van der Waals surface area contributed by atoms with Crippen LogP contribution < -0.4 is 0 Å². The average Bonchev–Trinajstić information content (AvgIpc) is 2.69. The third-order valence-corrected chi connectivity index (χ3v) is 1.92. The number of hydrogen-bond acceptors (Lipinski definition) is 3. The van der Waals surface area contributed by atoms with Crippen molar-refractivity contribution in [2.45, 2.75) is 6.42 Å².